The zero-order chi connectivity index (χ0) is 22.4. The molecule has 7 nitrogen and oxygen atoms in total. The van der Waals surface area contributed by atoms with Crippen molar-refractivity contribution in [3.05, 3.63) is 60.2 Å². The maximum Gasteiger partial charge on any atom is 0.323 e. The Balaban J connectivity index is 1.96. The van der Waals surface area contributed by atoms with Gasteiger partial charge >= 0.3 is 11.9 Å². The number of rotatable bonds is 8. The van der Waals surface area contributed by atoms with Crippen molar-refractivity contribution in [2.24, 2.45) is 5.73 Å². The topological polar surface area (TPSA) is 110 Å². The van der Waals surface area contributed by atoms with Gasteiger partial charge in [0.25, 0.3) is 0 Å². The second-order valence-corrected chi connectivity index (χ2v) is 8.59. The van der Waals surface area contributed by atoms with Crippen LogP contribution in [0.25, 0.3) is 0 Å². The maximum absolute atomic E-state index is 13.1. The van der Waals surface area contributed by atoms with Crippen molar-refractivity contribution in [3.8, 4) is 0 Å². The molecule has 0 saturated carbocycles. The third-order valence-electron chi connectivity index (χ3n) is 5.18. The summed E-state index contributed by atoms with van der Waals surface area (Å²) in [6.45, 7) is 1.57. The van der Waals surface area contributed by atoms with Gasteiger partial charge in [-0.3, -0.25) is 14.4 Å². The minimum Gasteiger partial charge on any atom is -0.480 e. The minimum absolute atomic E-state index is 0.127. The maximum atomic E-state index is 13.1. The van der Waals surface area contributed by atoms with Gasteiger partial charge in [-0.1, -0.05) is 42.5 Å². The normalized spacial score (nSPS) is 17.9. The molecule has 164 valence electrons. The molecule has 1 aliphatic heterocycles. The summed E-state index contributed by atoms with van der Waals surface area (Å²) in [4.78, 5) is 38.8. The summed E-state index contributed by atoms with van der Waals surface area (Å²) in [7, 11) is 0. The van der Waals surface area contributed by atoms with Crippen molar-refractivity contribution >= 4 is 35.3 Å². The van der Waals surface area contributed by atoms with Crippen LogP contribution in [0.5, 0.6) is 0 Å². The predicted octanol–water partition coefficient (Wildman–Crippen LogP) is 3.03. The molecule has 0 saturated heterocycles. The van der Waals surface area contributed by atoms with Crippen molar-refractivity contribution in [1.29, 1.82) is 0 Å². The molecule has 0 aromatic heterocycles. The van der Waals surface area contributed by atoms with E-state index in [1.54, 1.807) is 19.1 Å². The molecule has 0 bridgehead atoms. The number of carboxylic acids is 1. The van der Waals surface area contributed by atoms with Crippen molar-refractivity contribution in [2.75, 3.05) is 18.1 Å². The first-order valence-corrected chi connectivity index (χ1v) is 11.0. The van der Waals surface area contributed by atoms with Gasteiger partial charge in [-0.25, -0.2) is 0 Å². The highest BCUT2D eigenvalue weighted by atomic mass is 32.2. The molecule has 1 heterocycles. The number of nitrogens with zero attached hydrogens (tertiary/aromatic N) is 1. The summed E-state index contributed by atoms with van der Waals surface area (Å²) in [6.07, 6.45) is 0.441. The number of para-hydroxylation sites is 1. The summed E-state index contributed by atoms with van der Waals surface area (Å²) in [5.41, 5.74) is 7.71. The second-order valence-electron chi connectivity index (χ2n) is 7.31. The van der Waals surface area contributed by atoms with Crippen LogP contribution in [0.15, 0.2) is 59.5 Å². The van der Waals surface area contributed by atoms with E-state index in [0.29, 0.717) is 12.1 Å². The summed E-state index contributed by atoms with van der Waals surface area (Å²) in [5, 5.41) is 9.09. The first-order chi connectivity index (χ1) is 14.9. The number of esters is 1. The Morgan fingerprint density at radius 2 is 1.87 bits per heavy atom. The van der Waals surface area contributed by atoms with Gasteiger partial charge in [0.1, 0.15) is 12.6 Å². The molecule has 3 N–H and O–H groups in total. The van der Waals surface area contributed by atoms with Crippen LogP contribution < -0.4 is 10.6 Å². The zero-order valence-corrected chi connectivity index (χ0v) is 18.1. The number of aliphatic carboxylic acids is 1. The molecule has 0 radical (unpaired) electrons. The van der Waals surface area contributed by atoms with Gasteiger partial charge in [-0.15, -0.1) is 11.8 Å². The van der Waals surface area contributed by atoms with Crippen LogP contribution in [-0.2, 0) is 19.1 Å². The van der Waals surface area contributed by atoms with Gasteiger partial charge in [0.05, 0.1) is 12.3 Å². The lowest BCUT2D eigenvalue weighted by Crippen LogP contribution is -2.38. The monoisotopic (exact) mass is 442 g/mol. The number of ether oxygens (including phenoxy) is 1. The van der Waals surface area contributed by atoms with Gasteiger partial charge < -0.3 is 20.5 Å². The number of anilines is 1. The third-order valence-corrected chi connectivity index (χ3v) is 6.58. The van der Waals surface area contributed by atoms with Crippen LogP contribution in [0, 0.1) is 0 Å². The number of hydrogen-bond acceptors (Lipinski definition) is 6. The van der Waals surface area contributed by atoms with Crippen molar-refractivity contribution < 1.29 is 24.2 Å². The Hall–Kier alpha value is -2.84. The summed E-state index contributed by atoms with van der Waals surface area (Å²) in [6, 6.07) is 16.1. The van der Waals surface area contributed by atoms with Gasteiger partial charge in [0.15, 0.2) is 0 Å². The molecule has 1 aliphatic rings. The Kier molecular flexibility index (Phi) is 7.70. The van der Waals surface area contributed by atoms with Gasteiger partial charge in [-0.05, 0) is 37.0 Å². The second kappa shape index (κ2) is 10.5. The van der Waals surface area contributed by atoms with E-state index in [0.717, 1.165) is 10.5 Å². The minimum atomic E-state index is -1.07. The van der Waals surface area contributed by atoms with Crippen molar-refractivity contribution in [3.63, 3.8) is 0 Å². The fourth-order valence-electron chi connectivity index (χ4n) is 3.76. The van der Waals surface area contributed by atoms with Gasteiger partial charge in [0, 0.05) is 16.6 Å². The van der Waals surface area contributed by atoms with E-state index >= 15 is 0 Å². The Morgan fingerprint density at radius 3 is 2.55 bits per heavy atom. The molecular weight excluding hydrogens is 416 g/mol. The number of nitrogens with two attached hydrogens (primary N) is 1. The summed E-state index contributed by atoms with van der Waals surface area (Å²) >= 11 is 1.52. The van der Waals surface area contributed by atoms with Crippen LogP contribution >= 0.6 is 11.8 Å². The quantitative estimate of drug-likeness (QED) is 0.605. The molecule has 3 atom stereocenters. The molecule has 1 amide bonds. The van der Waals surface area contributed by atoms with Gasteiger partial charge in [0.2, 0.25) is 5.91 Å². The molecule has 8 heteroatoms. The van der Waals surface area contributed by atoms with E-state index in [-0.39, 0.29) is 30.1 Å². The summed E-state index contributed by atoms with van der Waals surface area (Å²) in [5.74, 6) is -2.01. The standard InChI is InChI=1S/C23H26N2O5S/c1-2-30-23(29)17(24)12-16(15-8-4-3-5-9-15)20-13-21(26)25(14-22(27)28)18-10-6-7-11-19(18)31-20/h3-11,16-17,20H,2,12-14,24H2,1H3,(H,27,28)/t16-,17+,20?/m1/s1. The number of fused-ring (bicyclic) bond motifs is 1. The van der Waals surface area contributed by atoms with Crippen molar-refractivity contribution in [1.82, 2.24) is 0 Å². The molecule has 2 aromatic rings. The first kappa shape index (κ1) is 22.8. The Morgan fingerprint density at radius 1 is 1.19 bits per heavy atom. The Labute approximate surface area is 185 Å². The van der Waals surface area contributed by atoms with Crippen LogP contribution in [0.3, 0.4) is 0 Å². The largest absolute Gasteiger partial charge is 0.480 e. The van der Waals surface area contributed by atoms with E-state index < -0.39 is 24.5 Å². The van der Waals surface area contributed by atoms with Crippen LogP contribution in [0.4, 0.5) is 5.69 Å². The first-order valence-electron chi connectivity index (χ1n) is 10.2. The third kappa shape index (κ3) is 5.65. The highest BCUT2D eigenvalue weighted by Crippen LogP contribution is 2.44. The fraction of sp³-hybridized carbons (Fsp3) is 0.348. The number of carbonyl (C=O) groups excluding carboxylic acids is 2. The van der Waals surface area contributed by atoms with E-state index in [1.165, 1.54) is 16.7 Å². The van der Waals surface area contributed by atoms with E-state index in [9.17, 15) is 19.5 Å². The average molecular weight is 443 g/mol. The predicted molar refractivity (Wildman–Crippen MR) is 119 cm³/mol. The summed E-state index contributed by atoms with van der Waals surface area (Å²) < 4.78 is 5.08. The number of thioether (sulfide) groups is 1. The highest BCUT2D eigenvalue weighted by molar-refractivity contribution is 8.00. The van der Waals surface area contributed by atoms with E-state index in [4.69, 9.17) is 10.5 Å². The molecule has 31 heavy (non-hydrogen) atoms. The average Bonchev–Trinajstić information content (AvgIpc) is 2.89. The van der Waals surface area contributed by atoms with Gasteiger partial charge in [-0.2, -0.15) is 0 Å². The number of carbonyl (C=O) groups is 3. The molecular formula is C23H26N2O5S. The lowest BCUT2D eigenvalue weighted by molar-refractivity contribution is -0.145. The van der Waals surface area contributed by atoms with Crippen LogP contribution in [-0.4, -0.2) is 47.4 Å². The highest BCUT2D eigenvalue weighted by Gasteiger charge is 2.36. The molecule has 0 aliphatic carbocycles. The molecule has 1 unspecified atom stereocenters. The van der Waals surface area contributed by atoms with E-state index in [2.05, 4.69) is 0 Å². The molecule has 2 aromatic carbocycles. The van der Waals surface area contributed by atoms with E-state index in [1.807, 2.05) is 42.5 Å². The molecule has 0 spiro atoms. The zero-order valence-electron chi connectivity index (χ0n) is 17.3. The lowest BCUT2D eigenvalue weighted by Gasteiger charge is -2.27. The van der Waals surface area contributed by atoms with Crippen LogP contribution in [0.2, 0.25) is 0 Å². The van der Waals surface area contributed by atoms with Crippen LogP contribution in [0.1, 0.15) is 31.2 Å². The smallest absolute Gasteiger partial charge is 0.323 e. The SMILES string of the molecule is CCOC(=O)[C@@H](N)C[C@H](c1ccccc1)C1CC(=O)N(CC(=O)O)c2ccccc2S1. The molecule has 0 fully saturated rings. The molecule has 3 rings (SSSR count). The number of carboxylic acid groups (broad SMARTS) is 1. The lowest BCUT2D eigenvalue weighted by atomic mass is 9.87. The Bertz CT molecular complexity index is 937. The number of hydrogen-bond donors (Lipinski definition) is 2. The number of amides is 1. The number of benzene rings is 2. The fourth-order valence-corrected chi connectivity index (χ4v) is 5.20. The van der Waals surface area contributed by atoms with Crippen molar-refractivity contribution in [2.45, 2.75) is 41.9 Å².